The van der Waals surface area contributed by atoms with Crippen molar-refractivity contribution in [2.45, 2.75) is 6.92 Å². The van der Waals surface area contributed by atoms with Crippen molar-refractivity contribution in [1.82, 2.24) is 10.4 Å². The summed E-state index contributed by atoms with van der Waals surface area (Å²) in [5.74, 6) is -0.237. The molecule has 0 saturated heterocycles. The number of pyridine rings is 1. The zero-order valence-corrected chi connectivity index (χ0v) is 15.0. The summed E-state index contributed by atoms with van der Waals surface area (Å²) in [5.41, 5.74) is 5.23. The van der Waals surface area contributed by atoms with Crippen molar-refractivity contribution in [3.8, 4) is 0 Å². The maximum absolute atomic E-state index is 11.8. The highest BCUT2D eigenvalue weighted by Gasteiger charge is 2.07. The Balaban J connectivity index is 1.87. The highest BCUT2D eigenvalue weighted by Crippen LogP contribution is 2.31. The summed E-state index contributed by atoms with van der Waals surface area (Å²) in [5, 5.41) is 6.95. The molecule has 2 aromatic rings. The van der Waals surface area contributed by atoms with Crippen LogP contribution in [0.15, 0.2) is 50.7 Å². The van der Waals surface area contributed by atoms with Crippen LogP contribution in [0.4, 0.5) is 5.69 Å². The standard InChI is InChI=1S/C15H14Br2N4O/c1-10-5-12(16)15(13(17)6-10)19-9-14(22)21-20-8-11-3-2-4-18-7-11/h2-8,19H,9H2,1H3,(H,21,22). The van der Waals surface area contributed by atoms with Gasteiger partial charge in [-0.25, -0.2) is 5.43 Å². The molecule has 114 valence electrons. The van der Waals surface area contributed by atoms with Crippen LogP contribution in [-0.2, 0) is 4.79 Å². The zero-order chi connectivity index (χ0) is 15.9. The van der Waals surface area contributed by atoms with E-state index in [0.717, 1.165) is 25.8 Å². The number of aromatic nitrogens is 1. The van der Waals surface area contributed by atoms with Crippen molar-refractivity contribution in [1.29, 1.82) is 0 Å². The molecule has 1 aromatic carbocycles. The molecule has 0 fully saturated rings. The molecule has 2 rings (SSSR count). The van der Waals surface area contributed by atoms with Gasteiger partial charge in [0.15, 0.2) is 0 Å². The van der Waals surface area contributed by atoms with Gasteiger partial charge >= 0.3 is 0 Å². The predicted molar refractivity (Wildman–Crippen MR) is 95.0 cm³/mol. The topological polar surface area (TPSA) is 66.4 Å². The van der Waals surface area contributed by atoms with Crippen LogP contribution in [0.5, 0.6) is 0 Å². The van der Waals surface area contributed by atoms with E-state index in [4.69, 9.17) is 0 Å². The van der Waals surface area contributed by atoms with Crippen molar-refractivity contribution in [3.05, 3.63) is 56.7 Å². The van der Waals surface area contributed by atoms with E-state index < -0.39 is 0 Å². The van der Waals surface area contributed by atoms with Crippen molar-refractivity contribution < 1.29 is 4.79 Å². The molecule has 0 aliphatic rings. The number of carbonyl (C=O) groups is 1. The lowest BCUT2D eigenvalue weighted by molar-refractivity contribution is -0.119. The second-order valence-corrected chi connectivity index (χ2v) is 6.25. The molecule has 0 bridgehead atoms. The van der Waals surface area contributed by atoms with E-state index in [1.54, 1.807) is 24.7 Å². The molecule has 0 saturated carbocycles. The summed E-state index contributed by atoms with van der Waals surface area (Å²) in [6, 6.07) is 7.61. The normalized spacial score (nSPS) is 10.7. The Morgan fingerprint density at radius 1 is 1.36 bits per heavy atom. The number of hydrazone groups is 1. The highest BCUT2D eigenvalue weighted by molar-refractivity contribution is 9.11. The van der Waals surface area contributed by atoms with Gasteiger partial charge < -0.3 is 5.32 Å². The first-order valence-electron chi connectivity index (χ1n) is 6.47. The summed E-state index contributed by atoms with van der Waals surface area (Å²) in [6.07, 6.45) is 4.88. The van der Waals surface area contributed by atoms with E-state index in [2.05, 4.69) is 52.7 Å². The summed E-state index contributed by atoms with van der Waals surface area (Å²) in [6.45, 7) is 2.11. The van der Waals surface area contributed by atoms with Crippen LogP contribution in [0.1, 0.15) is 11.1 Å². The van der Waals surface area contributed by atoms with Crippen LogP contribution < -0.4 is 10.7 Å². The molecule has 0 radical (unpaired) electrons. The molecule has 0 spiro atoms. The van der Waals surface area contributed by atoms with Gasteiger partial charge in [0.2, 0.25) is 0 Å². The number of aryl methyl sites for hydroxylation is 1. The number of benzene rings is 1. The van der Waals surface area contributed by atoms with E-state index in [9.17, 15) is 4.79 Å². The maximum Gasteiger partial charge on any atom is 0.259 e. The number of amides is 1. The van der Waals surface area contributed by atoms with Gasteiger partial charge in [-0.1, -0.05) is 6.07 Å². The van der Waals surface area contributed by atoms with E-state index in [1.165, 1.54) is 0 Å². The van der Waals surface area contributed by atoms with Crippen LogP contribution >= 0.6 is 31.9 Å². The van der Waals surface area contributed by atoms with E-state index in [-0.39, 0.29) is 12.5 Å². The summed E-state index contributed by atoms with van der Waals surface area (Å²) >= 11 is 6.94. The van der Waals surface area contributed by atoms with E-state index >= 15 is 0 Å². The van der Waals surface area contributed by atoms with Crippen LogP contribution in [-0.4, -0.2) is 23.7 Å². The molecular formula is C15H14Br2N4O. The fourth-order valence-electron chi connectivity index (χ4n) is 1.71. The summed E-state index contributed by atoms with van der Waals surface area (Å²) in [7, 11) is 0. The average molecular weight is 426 g/mol. The van der Waals surface area contributed by atoms with Gasteiger partial charge in [0.25, 0.3) is 5.91 Å². The first kappa shape index (κ1) is 16.6. The lowest BCUT2D eigenvalue weighted by Gasteiger charge is -2.11. The molecule has 0 aliphatic heterocycles. The van der Waals surface area contributed by atoms with Gasteiger partial charge in [-0.05, 0) is 62.5 Å². The SMILES string of the molecule is Cc1cc(Br)c(NCC(=O)NN=Cc2cccnc2)c(Br)c1. The average Bonchev–Trinajstić information content (AvgIpc) is 2.47. The number of nitrogens with zero attached hydrogens (tertiary/aromatic N) is 2. The number of rotatable bonds is 5. The third kappa shape index (κ3) is 4.92. The molecule has 1 aromatic heterocycles. The minimum atomic E-state index is -0.237. The van der Waals surface area contributed by atoms with E-state index in [1.807, 2.05) is 25.1 Å². The molecule has 1 heterocycles. The van der Waals surface area contributed by atoms with Crippen LogP contribution in [0.3, 0.4) is 0 Å². The van der Waals surface area contributed by atoms with E-state index in [0.29, 0.717) is 0 Å². The first-order valence-corrected chi connectivity index (χ1v) is 8.06. The Hall–Kier alpha value is -1.73. The number of carbonyl (C=O) groups excluding carboxylic acids is 1. The van der Waals surface area contributed by atoms with Gasteiger partial charge in [-0.3, -0.25) is 9.78 Å². The number of halogens is 2. The number of hydrogen-bond donors (Lipinski definition) is 2. The fraction of sp³-hybridized carbons (Fsp3) is 0.133. The van der Waals surface area contributed by atoms with Gasteiger partial charge in [-0.2, -0.15) is 5.10 Å². The summed E-state index contributed by atoms with van der Waals surface area (Å²) < 4.78 is 1.79. The quantitative estimate of drug-likeness (QED) is 0.569. The molecular weight excluding hydrogens is 412 g/mol. The van der Waals surface area contributed by atoms with Crippen molar-refractivity contribution in [3.63, 3.8) is 0 Å². The second kappa shape index (κ2) is 8.05. The first-order chi connectivity index (χ1) is 10.6. The largest absolute Gasteiger partial charge is 0.374 e. The Morgan fingerprint density at radius 2 is 2.09 bits per heavy atom. The van der Waals surface area contributed by atoms with Gasteiger partial charge in [0.1, 0.15) is 0 Å². The Bertz CT molecular complexity index is 666. The minimum absolute atomic E-state index is 0.116. The van der Waals surface area contributed by atoms with Gasteiger partial charge in [0, 0.05) is 26.9 Å². The third-order valence-corrected chi connectivity index (χ3v) is 3.95. The molecule has 1 amide bonds. The van der Waals surface area contributed by atoms with Crippen LogP contribution in [0.25, 0.3) is 0 Å². The lowest BCUT2D eigenvalue weighted by Crippen LogP contribution is -2.26. The smallest absolute Gasteiger partial charge is 0.259 e. The van der Waals surface area contributed by atoms with Gasteiger partial charge in [0.05, 0.1) is 18.4 Å². The fourth-order valence-corrected chi connectivity index (χ4v) is 3.40. The third-order valence-electron chi connectivity index (χ3n) is 2.70. The zero-order valence-electron chi connectivity index (χ0n) is 11.8. The lowest BCUT2D eigenvalue weighted by atomic mass is 10.2. The Kier molecular flexibility index (Phi) is 6.09. The predicted octanol–water partition coefficient (Wildman–Crippen LogP) is 3.48. The van der Waals surface area contributed by atoms with Crippen LogP contribution in [0.2, 0.25) is 0 Å². The molecule has 0 atom stereocenters. The molecule has 7 heteroatoms. The van der Waals surface area contributed by atoms with Gasteiger partial charge in [-0.15, -0.1) is 0 Å². The number of anilines is 1. The highest BCUT2D eigenvalue weighted by atomic mass is 79.9. The molecule has 0 unspecified atom stereocenters. The van der Waals surface area contributed by atoms with Crippen molar-refractivity contribution in [2.75, 3.05) is 11.9 Å². The molecule has 5 nitrogen and oxygen atoms in total. The maximum atomic E-state index is 11.8. The molecule has 0 aliphatic carbocycles. The van der Waals surface area contributed by atoms with Crippen molar-refractivity contribution >= 4 is 49.7 Å². The number of hydrogen-bond acceptors (Lipinski definition) is 4. The monoisotopic (exact) mass is 424 g/mol. The Labute approximate surface area is 145 Å². The second-order valence-electron chi connectivity index (χ2n) is 4.54. The number of nitrogens with one attached hydrogen (secondary N) is 2. The molecule has 2 N–H and O–H groups in total. The minimum Gasteiger partial charge on any atom is -0.374 e. The Morgan fingerprint density at radius 3 is 2.73 bits per heavy atom. The van der Waals surface area contributed by atoms with Crippen molar-refractivity contribution in [2.24, 2.45) is 5.10 Å². The van der Waals surface area contributed by atoms with Crippen LogP contribution in [0, 0.1) is 6.92 Å². The summed E-state index contributed by atoms with van der Waals surface area (Å²) in [4.78, 5) is 15.7. The molecule has 22 heavy (non-hydrogen) atoms.